The summed E-state index contributed by atoms with van der Waals surface area (Å²) < 4.78 is 25.7. The Morgan fingerprint density at radius 3 is 2.10 bits per heavy atom. The number of sulfone groups is 1. The van der Waals surface area contributed by atoms with E-state index in [1.165, 1.54) is 0 Å². The molecule has 0 spiro atoms. The summed E-state index contributed by atoms with van der Waals surface area (Å²) >= 11 is 0. The van der Waals surface area contributed by atoms with Crippen LogP contribution in [0.1, 0.15) is 36.1 Å². The molecule has 1 aliphatic heterocycles. The molecular formula is C17H18O2S. The summed E-state index contributed by atoms with van der Waals surface area (Å²) in [5.74, 6) is 0. The third kappa shape index (κ3) is 1.66. The predicted molar refractivity (Wildman–Crippen MR) is 79.9 cm³/mol. The third-order valence-corrected chi connectivity index (χ3v) is 6.05. The molecule has 0 aromatic heterocycles. The maximum Gasteiger partial charge on any atom is 0.207 e. The number of benzene rings is 2. The summed E-state index contributed by atoms with van der Waals surface area (Å²) in [6, 6.07) is 11.3. The van der Waals surface area contributed by atoms with Gasteiger partial charge in [-0.05, 0) is 42.7 Å². The Labute approximate surface area is 120 Å². The molecule has 0 N–H and O–H groups in total. The molecule has 0 saturated heterocycles. The second-order valence-electron chi connectivity index (χ2n) is 6.13. The van der Waals surface area contributed by atoms with E-state index in [0.717, 1.165) is 22.3 Å². The average Bonchev–Trinajstić information content (AvgIpc) is 2.36. The van der Waals surface area contributed by atoms with Crippen molar-refractivity contribution in [1.82, 2.24) is 0 Å². The predicted octanol–water partition coefficient (Wildman–Crippen LogP) is 3.78. The van der Waals surface area contributed by atoms with Crippen molar-refractivity contribution in [2.75, 3.05) is 0 Å². The molecule has 1 aliphatic rings. The van der Waals surface area contributed by atoms with Gasteiger partial charge in [-0.1, -0.05) is 43.7 Å². The molecule has 20 heavy (non-hydrogen) atoms. The molecular weight excluding hydrogens is 268 g/mol. The molecule has 0 aliphatic carbocycles. The van der Waals surface area contributed by atoms with Crippen LogP contribution in [0.5, 0.6) is 0 Å². The van der Waals surface area contributed by atoms with Gasteiger partial charge in [-0.15, -0.1) is 0 Å². The van der Waals surface area contributed by atoms with Gasteiger partial charge in [-0.2, -0.15) is 0 Å². The Kier molecular flexibility index (Phi) is 2.64. The summed E-state index contributed by atoms with van der Waals surface area (Å²) in [5.41, 5.74) is 3.55. The summed E-state index contributed by atoms with van der Waals surface area (Å²) in [7, 11) is -3.41. The third-order valence-electron chi connectivity index (χ3n) is 4.20. The molecule has 3 rings (SSSR count). The first-order chi connectivity index (χ1) is 9.24. The van der Waals surface area contributed by atoms with E-state index in [4.69, 9.17) is 0 Å². The van der Waals surface area contributed by atoms with Crippen LogP contribution in [-0.2, 0) is 15.3 Å². The van der Waals surface area contributed by atoms with Crippen LogP contribution < -0.4 is 0 Å². The molecule has 0 unspecified atom stereocenters. The van der Waals surface area contributed by atoms with Crippen LogP contribution in [0, 0.1) is 13.8 Å². The van der Waals surface area contributed by atoms with E-state index >= 15 is 0 Å². The first kappa shape index (κ1) is 13.4. The summed E-state index contributed by atoms with van der Waals surface area (Å²) in [4.78, 5) is 0.907. The lowest BCUT2D eigenvalue weighted by atomic mass is 9.77. The van der Waals surface area contributed by atoms with Crippen LogP contribution in [-0.4, -0.2) is 8.42 Å². The Bertz CT molecular complexity index is 815. The van der Waals surface area contributed by atoms with Gasteiger partial charge >= 0.3 is 0 Å². The number of hydrogen-bond acceptors (Lipinski definition) is 2. The van der Waals surface area contributed by atoms with Crippen molar-refractivity contribution >= 4 is 9.84 Å². The fourth-order valence-electron chi connectivity index (χ4n) is 3.00. The van der Waals surface area contributed by atoms with E-state index < -0.39 is 9.84 Å². The minimum absolute atomic E-state index is 0.296. The first-order valence-electron chi connectivity index (χ1n) is 6.72. The number of fused-ring (bicyclic) bond motifs is 2. The molecule has 0 fully saturated rings. The van der Waals surface area contributed by atoms with E-state index in [0.29, 0.717) is 9.79 Å². The van der Waals surface area contributed by atoms with Gasteiger partial charge < -0.3 is 0 Å². The van der Waals surface area contributed by atoms with Crippen molar-refractivity contribution in [3.8, 4) is 0 Å². The zero-order valence-corrected chi connectivity index (χ0v) is 13.0. The molecule has 0 bridgehead atoms. The van der Waals surface area contributed by atoms with E-state index in [-0.39, 0.29) is 5.41 Å². The highest BCUT2D eigenvalue weighted by Crippen LogP contribution is 2.45. The van der Waals surface area contributed by atoms with Gasteiger partial charge in [0.15, 0.2) is 0 Å². The van der Waals surface area contributed by atoms with E-state index in [1.807, 2.05) is 38.1 Å². The second kappa shape index (κ2) is 3.95. The Hall–Kier alpha value is -1.61. The maximum absolute atomic E-state index is 12.8. The number of rotatable bonds is 0. The van der Waals surface area contributed by atoms with Crippen molar-refractivity contribution < 1.29 is 8.42 Å². The van der Waals surface area contributed by atoms with E-state index in [1.54, 1.807) is 12.1 Å². The molecule has 0 radical (unpaired) electrons. The number of aryl methyl sites for hydroxylation is 2. The van der Waals surface area contributed by atoms with Crippen LogP contribution in [0.15, 0.2) is 46.2 Å². The molecule has 2 aromatic rings. The quantitative estimate of drug-likeness (QED) is 0.738. The van der Waals surface area contributed by atoms with Crippen molar-refractivity contribution in [2.24, 2.45) is 0 Å². The normalized spacial score (nSPS) is 18.2. The van der Waals surface area contributed by atoms with Gasteiger partial charge in [-0.25, -0.2) is 8.42 Å². The van der Waals surface area contributed by atoms with Gasteiger partial charge in [0.05, 0.1) is 9.79 Å². The van der Waals surface area contributed by atoms with Crippen molar-refractivity contribution in [3.63, 3.8) is 0 Å². The summed E-state index contributed by atoms with van der Waals surface area (Å²) in [6.07, 6.45) is 0. The first-order valence-corrected chi connectivity index (χ1v) is 8.20. The largest absolute Gasteiger partial charge is 0.218 e. The van der Waals surface area contributed by atoms with Crippen LogP contribution in [0.2, 0.25) is 0 Å². The standard InChI is InChI=1S/C17H18O2S/c1-11-6-8-15-14(9-11)17(3,4)13-7-5-12(2)10-16(13)20(15,18)19/h5-10H,1-4H3. The molecule has 0 amide bonds. The van der Waals surface area contributed by atoms with Gasteiger partial charge in [0.25, 0.3) is 0 Å². The van der Waals surface area contributed by atoms with Crippen LogP contribution >= 0.6 is 0 Å². The van der Waals surface area contributed by atoms with Gasteiger partial charge in [0.1, 0.15) is 0 Å². The summed E-state index contributed by atoms with van der Waals surface area (Å²) in [5, 5.41) is 0. The van der Waals surface area contributed by atoms with Crippen molar-refractivity contribution in [1.29, 1.82) is 0 Å². The van der Waals surface area contributed by atoms with E-state index in [9.17, 15) is 8.42 Å². The molecule has 2 nitrogen and oxygen atoms in total. The topological polar surface area (TPSA) is 34.1 Å². The lowest BCUT2D eigenvalue weighted by Crippen LogP contribution is -2.30. The highest BCUT2D eigenvalue weighted by molar-refractivity contribution is 7.91. The zero-order chi connectivity index (χ0) is 14.7. The van der Waals surface area contributed by atoms with Crippen LogP contribution in [0.3, 0.4) is 0 Å². The monoisotopic (exact) mass is 286 g/mol. The highest BCUT2D eigenvalue weighted by atomic mass is 32.2. The Morgan fingerprint density at radius 2 is 1.40 bits per heavy atom. The molecule has 1 heterocycles. The maximum atomic E-state index is 12.8. The van der Waals surface area contributed by atoms with Gasteiger partial charge in [0, 0.05) is 5.41 Å². The minimum atomic E-state index is -3.41. The zero-order valence-electron chi connectivity index (χ0n) is 12.2. The number of hydrogen-bond donors (Lipinski definition) is 0. The van der Waals surface area contributed by atoms with Crippen LogP contribution in [0.25, 0.3) is 0 Å². The lowest BCUT2D eigenvalue weighted by molar-refractivity contribution is 0.555. The van der Waals surface area contributed by atoms with Gasteiger partial charge in [0.2, 0.25) is 9.84 Å². The van der Waals surface area contributed by atoms with Crippen LogP contribution in [0.4, 0.5) is 0 Å². The SMILES string of the molecule is Cc1ccc2c(c1)C(C)(C)c1ccc(C)cc1S2(=O)=O. The molecule has 2 aromatic carbocycles. The van der Waals surface area contributed by atoms with E-state index in [2.05, 4.69) is 13.8 Å². The molecule has 0 saturated carbocycles. The fourth-order valence-corrected chi connectivity index (χ4v) is 5.04. The smallest absolute Gasteiger partial charge is 0.207 e. The Balaban J connectivity index is 2.47. The molecule has 3 heteroatoms. The highest BCUT2D eigenvalue weighted by Gasteiger charge is 2.40. The van der Waals surface area contributed by atoms with Crippen molar-refractivity contribution in [3.05, 3.63) is 58.7 Å². The molecule has 0 atom stereocenters. The second-order valence-corrected chi connectivity index (χ2v) is 8.01. The van der Waals surface area contributed by atoms with Crippen molar-refractivity contribution in [2.45, 2.75) is 42.9 Å². The Morgan fingerprint density at radius 1 is 0.800 bits per heavy atom. The summed E-state index contributed by atoms with van der Waals surface area (Å²) in [6.45, 7) is 8.10. The molecule has 104 valence electrons. The fraction of sp³-hybridized carbons (Fsp3) is 0.294. The lowest BCUT2D eigenvalue weighted by Gasteiger charge is -2.35. The van der Waals surface area contributed by atoms with Gasteiger partial charge in [-0.3, -0.25) is 0 Å². The minimum Gasteiger partial charge on any atom is -0.218 e. The average molecular weight is 286 g/mol.